The molecule has 2 fully saturated rings. The van der Waals surface area contributed by atoms with E-state index in [4.69, 9.17) is 16.3 Å². The molecule has 5 nitrogen and oxygen atoms in total. The monoisotopic (exact) mass is 441 g/mol. The van der Waals surface area contributed by atoms with Crippen molar-refractivity contribution >= 4 is 29.2 Å². The van der Waals surface area contributed by atoms with Crippen LogP contribution in [0.2, 0.25) is 5.02 Å². The van der Waals surface area contributed by atoms with Crippen LogP contribution in [0.3, 0.4) is 0 Å². The lowest BCUT2D eigenvalue weighted by Gasteiger charge is -2.40. The van der Waals surface area contributed by atoms with Crippen LogP contribution in [0.5, 0.6) is 0 Å². The van der Waals surface area contributed by atoms with Gasteiger partial charge in [0, 0.05) is 36.4 Å². The molecule has 31 heavy (non-hydrogen) atoms. The summed E-state index contributed by atoms with van der Waals surface area (Å²) in [6.45, 7) is 6.10. The smallest absolute Gasteiger partial charge is 0.362 e. The van der Waals surface area contributed by atoms with Gasteiger partial charge in [-0.05, 0) is 42.7 Å². The summed E-state index contributed by atoms with van der Waals surface area (Å²) in [5.41, 5.74) is 3.15. The molecule has 0 spiro atoms. The zero-order valence-electron chi connectivity index (χ0n) is 18.2. The highest BCUT2D eigenvalue weighted by molar-refractivity contribution is 6.30. The quantitative estimate of drug-likeness (QED) is 0.496. The Bertz CT molecular complexity index is 957. The lowest BCUT2D eigenvalue weighted by Crippen LogP contribution is -2.62. The largest absolute Gasteiger partial charge is 0.457 e. The second-order valence-corrected chi connectivity index (χ2v) is 9.44. The fraction of sp³-hybridized carbons (Fsp3) is 0.440. The number of carbonyl (C=O) groups is 2. The second-order valence-electron chi connectivity index (χ2n) is 9.00. The number of nitrogens with zero attached hydrogens (tertiary/aromatic N) is 1. The van der Waals surface area contributed by atoms with E-state index >= 15 is 0 Å². The molecule has 4 rings (SSSR count). The normalized spacial score (nSPS) is 18.4. The van der Waals surface area contributed by atoms with Gasteiger partial charge in [-0.3, -0.25) is 4.79 Å². The predicted octanol–water partition coefficient (Wildman–Crippen LogP) is 4.78. The minimum Gasteiger partial charge on any atom is -0.457 e. The van der Waals surface area contributed by atoms with E-state index in [0.29, 0.717) is 9.51 Å². The van der Waals surface area contributed by atoms with Crippen molar-refractivity contribution in [1.29, 1.82) is 0 Å². The highest BCUT2D eigenvalue weighted by atomic mass is 35.5. The molecule has 0 bridgehead atoms. The Hall–Kier alpha value is -2.37. The summed E-state index contributed by atoms with van der Waals surface area (Å²) >= 11 is 6.15. The Balaban J connectivity index is 1.49. The molecule has 0 aromatic heterocycles. The minimum atomic E-state index is -0.541. The summed E-state index contributed by atoms with van der Waals surface area (Å²) in [5.74, 6) is -0.220. The van der Waals surface area contributed by atoms with E-state index in [1.165, 1.54) is 0 Å². The Labute approximate surface area is 188 Å². The van der Waals surface area contributed by atoms with Gasteiger partial charge in [-0.15, -0.1) is 0 Å². The fourth-order valence-corrected chi connectivity index (χ4v) is 5.41. The number of quaternary nitrogens is 1. The third kappa shape index (κ3) is 4.35. The van der Waals surface area contributed by atoms with Crippen LogP contribution in [0.15, 0.2) is 42.5 Å². The first-order valence-electron chi connectivity index (χ1n) is 11.0. The molecule has 2 aromatic carbocycles. The Morgan fingerprint density at radius 1 is 1.06 bits per heavy atom. The molecular weight excluding hydrogens is 412 g/mol. The number of hydrogen-bond donors (Lipinski definition) is 1. The third-order valence-corrected chi connectivity index (χ3v) is 7.11. The molecule has 1 saturated heterocycles. The van der Waals surface area contributed by atoms with Gasteiger partial charge in [0.2, 0.25) is 0 Å². The topological polar surface area (TPSA) is 55.4 Å². The van der Waals surface area contributed by atoms with Gasteiger partial charge in [-0.2, -0.15) is 0 Å². The molecule has 1 amide bonds. The van der Waals surface area contributed by atoms with E-state index in [-0.39, 0.29) is 25.0 Å². The van der Waals surface area contributed by atoms with Crippen LogP contribution in [0.1, 0.15) is 42.4 Å². The van der Waals surface area contributed by atoms with Crippen LogP contribution >= 0.6 is 11.6 Å². The molecule has 6 heteroatoms. The number of ether oxygens (including phenoxy) is 1. The standard InChI is InChI=1S/C25H29ClN2O3/c1-18-14-21(26)15-19(2)23(18)27-24(30)25(10-11-25)28(12-6-7-13-28)16-22(29)31-17-20-8-4-3-5-9-20/h3-5,8-9,14-15H,6-7,10-13,16-17H2,1-2H3/p+1. The molecule has 0 atom stereocenters. The number of halogens is 1. The molecule has 1 saturated carbocycles. The van der Waals surface area contributed by atoms with E-state index < -0.39 is 5.54 Å². The second kappa shape index (κ2) is 8.64. The van der Waals surface area contributed by atoms with E-state index in [9.17, 15) is 9.59 Å². The lowest BCUT2D eigenvalue weighted by molar-refractivity contribution is -0.934. The number of benzene rings is 2. The summed E-state index contributed by atoms with van der Waals surface area (Å²) in [7, 11) is 0. The van der Waals surface area contributed by atoms with Gasteiger partial charge < -0.3 is 14.5 Å². The number of carbonyl (C=O) groups excluding carboxylic acids is 2. The van der Waals surface area contributed by atoms with Crippen molar-refractivity contribution in [2.24, 2.45) is 0 Å². The van der Waals surface area contributed by atoms with Crippen molar-refractivity contribution in [1.82, 2.24) is 0 Å². The number of esters is 1. The van der Waals surface area contributed by atoms with Crippen LogP contribution in [-0.4, -0.2) is 41.5 Å². The van der Waals surface area contributed by atoms with Gasteiger partial charge in [0.05, 0.1) is 13.1 Å². The SMILES string of the molecule is Cc1cc(Cl)cc(C)c1NC(=O)C1([N+]2(CC(=O)OCc3ccccc3)CCCC2)CC1. The van der Waals surface area contributed by atoms with Gasteiger partial charge in [-0.1, -0.05) is 41.9 Å². The van der Waals surface area contributed by atoms with Gasteiger partial charge >= 0.3 is 5.97 Å². The summed E-state index contributed by atoms with van der Waals surface area (Å²) in [4.78, 5) is 26.3. The predicted molar refractivity (Wildman–Crippen MR) is 122 cm³/mol. The highest BCUT2D eigenvalue weighted by Gasteiger charge is 2.67. The van der Waals surface area contributed by atoms with Crippen molar-refractivity contribution in [3.8, 4) is 0 Å². The third-order valence-electron chi connectivity index (χ3n) is 6.89. The van der Waals surface area contributed by atoms with Crippen molar-refractivity contribution in [2.45, 2.75) is 51.7 Å². The first-order chi connectivity index (χ1) is 14.9. The zero-order chi connectivity index (χ0) is 22.1. The summed E-state index contributed by atoms with van der Waals surface area (Å²) in [5, 5.41) is 3.84. The number of rotatable bonds is 7. The molecule has 1 heterocycles. The van der Waals surface area contributed by atoms with Crippen molar-refractivity contribution in [2.75, 3.05) is 25.0 Å². The zero-order valence-corrected chi connectivity index (χ0v) is 19.0. The van der Waals surface area contributed by atoms with Gasteiger partial charge in [0.1, 0.15) is 6.61 Å². The Morgan fingerprint density at radius 2 is 1.68 bits per heavy atom. The lowest BCUT2D eigenvalue weighted by atomic mass is 10.1. The number of nitrogens with one attached hydrogen (secondary N) is 1. The van der Waals surface area contributed by atoms with E-state index in [1.54, 1.807) is 0 Å². The first kappa shape index (κ1) is 21.8. The van der Waals surface area contributed by atoms with Gasteiger partial charge in [0.15, 0.2) is 12.1 Å². The van der Waals surface area contributed by atoms with Gasteiger partial charge in [0.25, 0.3) is 5.91 Å². The first-order valence-corrected chi connectivity index (χ1v) is 11.4. The number of aryl methyl sites for hydroxylation is 2. The molecule has 2 aromatic rings. The summed E-state index contributed by atoms with van der Waals surface area (Å²) < 4.78 is 6.10. The van der Waals surface area contributed by atoms with E-state index in [1.807, 2.05) is 56.3 Å². The number of amides is 1. The molecule has 0 unspecified atom stereocenters. The molecule has 2 aliphatic rings. The average molecular weight is 442 g/mol. The van der Waals surface area contributed by atoms with Crippen molar-refractivity contribution in [3.63, 3.8) is 0 Å². The van der Waals surface area contributed by atoms with Crippen LogP contribution in [-0.2, 0) is 20.9 Å². The summed E-state index contributed by atoms with van der Waals surface area (Å²) in [6.07, 6.45) is 3.66. The van der Waals surface area contributed by atoms with E-state index in [0.717, 1.165) is 61.2 Å². The minimum absolute atomic E-state index is 0.0128. The van der Waals surface area contributed by atoms with Crippen LogP contribution < -0.4 is 5.32 Å². The number of likely N-dealkylation sites (tertiary alicyclic amines) is 1. The summed E-state index contributed by atoms with van der Waals surface area (Å²) in [6, 6.07) is 13.4. The molecule has 0 radical (unpaired) electrons. The molecule has 1 aliphatic carbocycles. The fourth-order valence-electron chi connectivity index (χ4n) is 5.08. The molecule has 164 valence electrons. The average Bonchev–Trinajstić information content (AvgIpc) is 3.44. The van der Waals surface area contributed by atoms with Crippen LogP contribution in [0, 0.1) is 13.8 Å². The number of anilines is 1. The number of hydrogen-bond acceptors (Lipinski definition) is 3. The van der Waals surface area contributed by atoms with Gasteiger partial charge in [-0.25, -0.2) is 4.79 Å². The van der Waals surface area contributed by atoms with Crippen LogP contribution in [0.4, 0.5) is 5.69 Å². The Kier molecular flexibility index (Phi) is 6.09. The highest BCUT2D eigenvalue weighted by Crippen LogP contribution is 2.50. The van der Waals surface area contributed by atoms with Crippen LogP contribution in [0.25, 0.3) is 0 Å². The Morgan fingerprint density at radius 3 is 2.26 bits per heavy atom. The molecule has 1 N–H and O–H groups in total. The maximum Gasteiger partial charge on any atom is 0.362 e. The maximum atomic E-state index is 13.5. The van der Waals surface area contributed by atoms with E-state index in [2.05, 4.69) is 5.32 Å². The van der Waals surface area contributed by atoms with Crippen molar-refractivity contribution in [3.05, 3.63) is 64.2 Å². The van der Waals surface area contributed by atoms with Crippen molar-refractivity contribution < 1.29 is 18.8 Å². The molecular formula is C25H30ClN2O3+. The maximum absolute atomic E-state index is 13.5. The molecule has 1 aliphatic heterocycles.